The number of hydrogen-bond acceptors (Lipinski definition) is 10. The maximum atomic E-state index is 10.8. The Morgan fingerprint density at radius 3 is 1.17 bits per heavy atom. The van der Waals surface area contributed by atoms with Gasteiger partial charge in [-0.2, -0.15) is 0 Å². The first-order valence-electron chi connectivity index (χ1n) is 16.6. The van der Waals surface area contributed by atoms with Crippen molar-refractivity contribution >= 4 is 0 Å². The highest BCUT2D eigenvalue weighted by atomic mass is 16.5. The van der Waals surface area contributed by atoms with Gasteiger partial charge in [-0.25, -0.2) is 0 Å². The lowest BCUT2D eigenvalue weighted by molar-refractivity contribution is 0.392. The van der Waals surface area contributed by atoms with Crippen molar-refractivity contribution in [3.05, 3.63) is 143 Å². The number of hydrogen-bond donors (Lipinski definition) is 8. The SMILES string of the molecule is Oc1cc(O)cc(CCc2cc(Oc3cc(CCc4cccc(O)c4)c(O)cc3O)cc(Oc3cc(CCc4cccc(O)c4)c(O)cc3O)c2)c1. The smallest absolute Gasteiger partial charge is 0.169 e. The van der Waals surface area contributed by atoms with Gasteiger partial charge in [0, 0.05) is 24.3 Å². The van der Waals surface area contributed by atoms with Crippen molar-refractivity contribution in [2.45, 2.75) is 38.5 Å². The van der Waals surface area contributed by atoms with Crippen LogP contribution in [-0.4, -0.2) is 40.9 Å². The zero-order valence-corrected chi connectivity index (χ0v) is 28.0. The molecule has 0 radical (unpaired) electrons. The van der Waals surface area contributed by atoms with Gasteiger partial charge in [-0.3, -0.25) is 0 Å². The van der Waals surface area contributed by atoms with Crippen molar-refractivity contribution in [1.82, 2.24) is 0 Å². The van der Waals surface area contributed by atoms with E-state index in [0.717, 1.165) is 16.7 Å². The van der Waals surface area contributed by atoms with E-state index in [1.807, 2.05) is 12.1 Å². The molecule has 6 rings (SSSR count). The summed E-state index contributed by atoms with van der Waals surface area (Å²) in [6.07, 6.45) is 2.66. The average molecular weight is 703 g/mol. The van der Waals surface area contributed by atoms with Gasteiger partial charge >= 0.3 is 0 Å². The predicted octanol–water partition coefficient (Wildman–Crippen LogP) is 8.27. The molecule has 0 heterocycles. The van der Waals surface area contributed by atoms with E-state index in [2.05, 4.69) is 0 Å². The maximum Gasteiger partial charge on any atom is 0.169 e. The quantitative estimate of drug-likeness (QED) is 0.0584. The molecule has 0 saturated heterocycles. The Balaban J connectivity index is 1.28. The molecule has 0 fully saturated rings. The lowest BCUT2D eigenvalue weighted by Gasteiger charge is -2.16. The van der Waals surface area contributed by atoms with E-state index in [4.69, 9.17) is 9.47 Å². The van der Waals surface area contributed by atoms with Crippen molar-refractivity contribution < 1.29 is 50.3 Å². The molecule has 0 aliphatic carbocycles. The summed E-state index contributed by atoms with van der Waals surface area (Å²) in [5.74, 6) is 0.0202. The van der Waals surface area contributed by atoms with Gasteiger partial charge in [-0.15, -0.1) is 0 Å². The average Bonchev–Trinajstić information content (AvgIpc) is 3.08. The number of aromatic hydroxyl groups is 8. The molecule has 266 valence electrons. The first-order chi connectivity index (χ1) is 25.0. The molecule has 0 spiro atoms. The van der Waals surface area contributed by atoms with Crippen molar-refractivity contribution in [2.75, 3.05) is 0 Å². The van der Waals surface area contributed by atoms with Crippen molar-refractivity contribution in [3.8, 4) is 69.0 Å². The third kappa shape index (κ3) is 9.10. The predicted molar refractivity (Wildman–Crippen MR) is 194 cm³/mol. The normalized spacial score (nSPS) is 11.0. The first kappa shape index (κ1) is 35.2. The fraction of sp³-hybridized carbons (Fsp3) is 0.143. The van der Waals surface area contributed by atoms with Gasteiger partial charge in [0.15, 0.2) is 23.0 Å². The number of phenolic OH excluding ortho intramolecular Hbond substituents is 8. The van der Waals surface area contributed by atoms with Crippen molar-refractivity contribution in [2.24, 2.45) is 0 Å². The molecular formula is C42H38O10. The Labute approximate surface area is 299 Å². The van der Waals surface area contributed by atoms with Crippen LogP contribution in [0, 0.1) is 0 Å². The summed E-state index contributed by atoms with van der Waals surface area (Å²) in [5.41, 5.74) is 4.17. The van der Waals surface area contributed by atoms with E-state index in [1.165, 1.54) is 18.2 Å². The summed E-state index contributed by atoms with van der Waals surface area (Å²) in [4.78, 5) is 0. The van der Waals surface area contributed by atoms with E-state index in [0.29, 0.717) is 55.2 Å². The van der Waals surface area contributed by atoms with E-state index >= 15 is 0 Å². The standard InChI is InChI=1S/C42H38O10/c43-31-5-1-3-25(13-31)9-11-29-19-41(39(49)23-37(29)47)51-35-17-28(8-7-27-15-33(45)21-34(46)16-27)18-36(22-35)52-42-20-30(38(48)24-40(42)50)12-10-26-4-2-6-32(44)14-26/h1-6,13-24,43-50H,7-12H2. The molecule has 10 heteroatoms. The van der Waals surface area contributed by atoms with Crippen LogP contribution in [-0.2, 0) is 38.5 Å². The number of phenols is 8. The molecule has 0 saturated carbocycles. The Bertz CT molecular complexity index is 2070. The molecule has 10 nitrogen and oxygen atoms in total. The van der Waals surface area contributed by atoms with Crippen LogP contribution in [0.2, 0.25) is 0 Å². The minimum absolute atomic E-state index is 0.0681. The second-order valence-electron chi connectivity index (χ2n) is 12.6. The fourth-order valence-corrected chi connectivity index (χ4v) is 5.98. The van der Waals surface area contributed by atoms with Crippen LogP contribution in [0.4, 0.5) is 0 Å². The van der Waals surface area contributed by atoms with E-state index in [1.54, 1.807) is 78.9 Å². The highest BCUT2D eigenvalue weighted by Gasteiger charge is 2.16. The second-order valence-corrected chi connectivity index (χ2v) is 12.6. The van der Waals surface area contributed by atoms with Crippen molar-refractivity contribution in [1.29, 1.82) is 0 Å². The van der Waals surface area contributed by atoms with Gasteiger partial charge in [0.2, 0.25) is 0 Å². The Morgan fingerprint density at radius 1 is 0.327 bits per heavy atom. The van der Waals surface area contributed by atoms with Crippen molar-refractivity contribution in [3.63, 3.8) is 0 Å². The summed E-state index contributed by atoms with van der Waals surface area (Å²) in [6.45, 7) is 0. The van der Waals surface area contributed by atoms with E-state index in [-0.39, 0.29) is 69.0 Å². The van der Waals surface area contributed by atoms with Gasteiger partial charge in [-0.1, -0.05) is 24.3 Å². The van der Waals surface area contributed by atoms with E-state index < -0.39 is 0 Å². The number of benzene rings is 6. The molecule has 52 heavy (non-hydrogen) atoms. The fourth-order valence-electron chi connectivity index (χ4n) is 5.98. The molecule has 0 aromatic heterocycles. The Kier molecular flexibility index (Phi) is 10.5. The Morgan fingerprint density at radius 2 is 0.731 bits per heavy atom. The summed E-state index contributed by atoms with van der Waals surface area (Å²) in [7, 11) is 0. The minimum Gasteiger partial charge on any atom is -0.508 e. The number of ether oxygens (including phenoxy) is 2. The summed E-state index contributed by atoms with van der Waals surface area (Å²) >= 11 is 0. The highest BCUT2D eigenvalue weighted by molar-refractivity contribution is 5.54. The van der Waals surface area contributed by atoms with Gasteiger partial charge in [0.25, 0.3) is 0 Å². The summed E-state index contributed by atoms with van der Waals surface area (Å²) < 4.78 is 12.3. The lowest BCUT2D eigenvalue weighted by atomic mass is 10.0. The van der Waals surface area contributed by atoms with Crippen LogP contribution in [0.5, 0.6) is 69.0 Å². The molecule has 6 aromatic rings. The van der Waals surface area contributed by atoms with Crippen LogP contribution in [0.15, 0.2) is 109 Å². The molecule has 0 bridgehead atoms. The van der Waals surface area contributed by atoms with Gasteiger partial charge in [0.05, 0.1) is 0 Å². The molecule has 0 atom stereocenters. The zero-order valence-electron chi connectivity index (χ0n) is 28.0. The zero-order chi connectivity index (χ0) is 36.8. The molecule has 0 amide bonds. The first-order valence-corrected chi connectivity index (χ1v) is 16.6. The van der Waals surface area contributed by atoms with Crippen LogP contribution < -0.4 is 9.47 Å². The van der Waals surface area contributed by atoms with Gasteiger partial charge < -0.3 is 50.3 Å². The molecule has 0 aliphatic heterocycles. The maximum absolute atomic E-state index is 10.8. The van der Waals surface area contributed by atoms with Crippen LogP contribution >= 0.6 is 0 Å². The third-order valence-electron chi connectivity index (χ3n) is 8.57. The van der Waals surface area contributed by atoms with Crippen LogP contribution in [0.1, 0.15) is 33.4 Å². The topological polar surface area (TPSA) is 180 Å². The number of rotatable bonds is 13. The molecule has 0 aliphatic rings. The molecule has 8 N–H and O–H groups in total. The third-order valence-corrected chi connectivity index (χ3v) is 8.57. The number of aryl methyl sites for hydroxylation is 6. The second kappa shape index (κ2) is 15.5. The van der Waals surface area contributed by atoms with Crippen LogP contribution in [0.3, 0.4) is 0 Å². The van der Waals surface area contributed by atoms with Gasteiger partial charge in [-0.05, 0) is 133 Å². The van der Waals surface area contributed by atoms with Gasteiger partial charge in [0.1, 0.15) is 46.0 Å². The molecule has 0 unspecified atom stereocenters. The van der Waals surface area contributed by atoms with Crippen LogP contribution in [0.25, 0.3) is 0 Å². The lowest BCUT2D eigenvalue weighted by Crippen LogP contribution is -1.97. The Hall–Kier alpha value is -6.68. The van der Waals surface area contributed by atoms with E-state index in [9.17, 15) is 40.9 Å². The monoisotopic (exact) mass is 702 g/mol. The largest absolute Gasteiger partial charge is 0.508 e. The summed E-state index contributed by atoms with van der Waals surface area (Å²) in [6, 6.07) is 28.5. The highest BCUT2D eigenvalue weighted by Crippen LogP contribution is 2.41. The molecular weight excluding hydrogens is 664 g/mol. The minimum atomic E-state index is -0.297. The molecule has 6 aromatic carbocycles. The summed E-state index contributed by atoms with van der Waals surface area (Å²) in [5, 5.41) is 82.3.